The van der Waals surface area contributed by atoms with Crippen molar-refractivity contribution in [3.8, 4) is 0 Å². The second kappa shape index (κ2) is 3.71. The summed E-state index contributed by atoms with van der Waals surface area (Å²) >= 11 is 6.52. The summed E-state index contributed by atoms with van der Waals surface area (Å²) in [6, 6.07) is 0. The topological polar surface area (TPSA) is 0 Å². The molecule has 0 spiro atoms. The third-order valence-electron chi connectivity index (χ3n) is 2.46. The predicted octanol–water partition coefficient (Wildman–Crippen LogP) is 2.05. The summed E-state index contributed by atoms with van der Waals surface area (Å²) in [5.41, 5.74) is 0. The summed E-state index contributed by atoms with van der Waals surface area (Å²) in [6.45, 7) is 0. The number of hydrogen-bond donors (Lipinski definition) is 0. The maximum atomic E-state index is 2.23. The van der Waals surface area contributed by atoms with Crippen LogP contribution in [0.3, 0.4) is 0 Å². The van der Waals surface area contributed by atoms with Gasteiger partial charge < -0.3 is 0 Å². The van der Waals surface area contributed by atoms with Crippen LogP contribution in [0.2, 0.25) is 20.3 Å². The van der Waals surface area contributed by atoms with Crippen LogP contribution in [0.4, 0.5) is 0 Å². The fourth-order valence-corrected chi connectivity index (χ4v) is 14.1. The first-order valence-electron chi connectivity index (χ1n) is 4.40. The summed E-state index contributed by atoms with van der Waals surface area (Å²) in [5, 5.41) is 5.55. The molecular weight excluding hydrogens is 318 g/mol. The molecule has 4 heteroatoms. The third kappa shape index (κ3) is 2.04. The van der Waals surface area contributed by atoms with Gasteiger partial charge in [-0.25, -0.2) is 0 Å². The van der Waals surface area contributed by atoms with Gasteiger partial charge in [0.25, 0.3) is 0 Å². The summed E-state index contributed by atoms with van der Waals surface area (Å²) in [7, 11) is 0. The monoisotopic (exact) mass is 332 g/mol. The van der Waals surface area contributed by atoms with Crippen molar-refractivity contribution in [2.24, 2.45) is 0 Å². The van der Waals surface area contributed by atoms with Gasteiger partial charge in [0.2, 0.25) is 0 Å². The fraction of sp³-hybridized carbons (Fsp3) is 1.00. The van der Waals surface area contributed by atoms with Crippen molar-refractivity contribution in [3.05, 3.63) is 0 Å². The molecule has 0 radical (unpaired) electrons. The normalized spacial score (nSPS) is 52.0. The van der Waals surface area contributed by atoms with Crippen LogP contribution in [0, 0.1) is 0 Å². The van der Waals surface area contributed by atoms with E-state index in [1.807, 2.05) is 0 Å². The van der Waals surface area contributed by atoms with Gasteiger partial charge in [0.15, 0.2) is 0 Å². The van der Waals surface area contributed by atoms with Crippen molar-refractivity contribution >= 4 is 53.4 Å². The molecule has 3 fully saturated rings. The van der Waals surface area contributed by atoms with E-state index in [-0.39, 0.29) is 0 Å². The molecule has 4 unspecified atom stereocenters. The molecule has 0 amide bonds. The van der Waals surface area contributed by atoms with Gasteiger partial charge in [-0.1, -0.05) is 0 Å². The molecule has 0 aromatic heterocycles. The standard InChI is InChI=1S/C8H12S2Se2/c1-5(9-1)7-3-11-4-8(12-7)6-2-10-6/h5-8H,1-4H2. The van der Waals surface area contributed by atoms with E-state index in [9.17, 15) is 0 Å². The zero-order chi connectivity index (χ0) is 7.97. The van der Waals surface area contributed by atoms with Crippen molar-refractivity contribution < 1.29 is 0 Å². The predicted molar refractivity (Wildman–Crippen MR) is 61.1 cm³/mol. The Bertz CT molecular complexity index is 162. The zero-order valence-corrected chi connectivity index (χ0v) is 11.8. The Hall–Kier alpha value is 1.74. The molecule has 3 saturated heterocycles. The fourth-order valence-electron chi connectivity index (χ4n) is 1.53. The Morgan fingerprint density at radius 1 is 0.917 bits per heavy atom. The van der Waals surface area contributed by atoms with E-state index in [1.165, 1.54) is 21.1 Å². The van der Waals surface area contributed by atoms with E-state index in [0.717, 1.165) is 40.4 Å². The summed E-state index contributed by atoms with van der Waals surface area (Å²) in [4.78, 5) is 2.42. The van der Waals surface area contributed by atoms with Crippen molar-refractivity contribution in [1.82, 2.24) is 0 Å². The average molecular weight is 330 g/mol. The van der Waals surface area contributed by atoms with Gasteiger partial charge in [0.05, 0.1) is 0 Å². The molecule has 0 aromatic carbocycles. The van der Waals surface area contributed by atoms with Crippen molar-refractivity contribution in [1.29, 1.82) is 0 Å². The molecule has 0 aromatic rings. The van der Waals surface area contributed by atoms with E-state index < -0.39 is 0 Å². The Morgan fingerprint density at radius 3 is 1.83 bits per heavy atom. The quantitative estimate of drug-likeness (QED) is 0.562. The van der Waals surface area contributed by atoms with Gasteiger partial charge in [-0.05, 0) is 0 Å². The third-order valence-corrected chi connectivity index (χ3v) is 13.5. The minimum atomic E-state index is 1.03. The summed E-state index contributed by atoms with van der Waals surface area (Å²) in [6.07, 6.45) is 0. The van der Waals surface area contributed by atoms with Crippen LogP contribution in [0.1, 0.15) is 0 Å². The van der Waals surface area contributed by atoms with Gasteiger partial charge in [0.1, 0.15) is 0 Å². The van der Waals surface area contributed by atoms with Crippen LogP contribution in [0.15, 0.2) is 0 Å². The van der Waals surface area contributed by atoms with Crippen LogP contribution in [-0.2, 0) is 0 Å². The Balaban J connectivity index is 1.58. The van der Waals surface area contributed by atoms with Gasteiger partial charge in [-0.15, -0.1) is 0 Å². The van der Waals surface area contributed by atoms with E-state index in [0.29, 0.717) is 0 Å². The Morgan fingerprint density at radius 2 is 1.42 bits per heavy atom. The Kier molecular flexibility index (Phi) is 2.79. The van der Waals surface area contributed by atoms with Gasteiger partial charge in [-0.3, -0.25) is 0 Å². The van der Waals surface area contributed by atoms with E-state index in [2.05, 4.69) is 23.5 Å². The zero-order valence-electron chi connectivity index (χ0n) is 6.77. The van der Waals surface area contributed by atoms with E-state index >= 15 is 0 Å². The van der Waals surface area contributed by atoms with Crippen molar-refractivity contribution in [2.75, 3.05) is 11.5 Å². The summed E-state index contributed by atoms with van der Waals surface area (Å²) < 4.78 is 0. The molecule has 0 aliphatic carbocycles. The van der Waals surface area contributed by atoms with Crippen LogP contribution in [0.25, 0.3) is 0 Å². The average Bonchev–Trinajstić information content (AvgIpc) is 2.98. The minimum absolute atomic E-state index is 1.03. The first-order chi connectivity index (χ1) is 5.93. The molecule has 0 bridgehead atoms. The van der Waals surface area contributed by atoms with Crippen LogP contribution in [-0.4, -0.2) is 51.9 Å². The summed E-state index contributed by atoms with van der Waals surface area (Å²) in [5.74, 6) is 3.01. The van der Waals surface area contributed by atoms with Crippen LogP contribution in [0.5, 0.6) is 0 Å². The number of rotatable bonds is 2. The second-order valence-electron chi connectivity index (χ2n) is 3.49. The Labute approximate surface area is 95.1 Å². The molecular formula is C8H12S2Se2. The molecule has 0 nitrogen and oxygen atoms in total. The van der Waals surface area contributed by atoms with Gasteiger partial charge in [0, 0.05) is 0 Å². The number of hydrogen-bond acceptors (Lipinski definition) is 2. The molecule has 68 valence electrons. The van der Waals surface area contributed by atoms with Crippen LogP contribution >= 0.6 is 23.5 Å². The van der Waals surface area contributed by atoms with Crippen LogP contribution < -0.4 is 0 Å². The molecule has 0 N–H and O–H groups in total. The first kappa shape index (κ1) is 9.00. The van der Waals surface area contributed by atoms with Crippen molar-refractivity contribution in [2.45, 2.75) is 30.8 Å². The maximum absolute atomic E-state index is 2.23. The SMILES string of the molecule is C1SC1C1C[Se]CC(C2CS2)[Se]1. The molecule has 3 aliphatic rings. The van der Waals surface area contributed by atoms with Gasteiger partial charge >= 0.3 is 95.7 Å². The molecule has 4 atom stereocenters. The van der Waals surface area contributed by atoms with Crippen molar-refractivity contribution in [3.63, 3.8) is 0 Å². The van der Waals surface area contributed by atoms with E-state index in [1.54, 1.807) is 10.6 Å². The molecule has 0 saturated carbocycles. The molecule has 3 aliphatic heterocycles. The first-order valence-corrected chi connectivity index (χ1v) is 10.9. The molecule has 12 heavy (non-hydrogen) atoms. The van der Waals surface area contributed by atoms with Gasteiger partial charge in [-0.2, -0.15) is 0 Å². The second-order valence-corrected chi connectivity index (χ2v) is 11.4. The molecule has 3 rings (SSSR count). The number of thioether (sulfide) groups is 2. The molecule has 3 heterocycles. The van der Waals surface area contributed by atoms with E-state index in [4.69, 9.17) is 0 Å².